The van der Waals surface area contributed by atoms with E-state index < -0.39 is 0 Å². The Hall–Kier alpha value is -10.2. The predicted molar refractivity (Wildman–Crippen MR) is 310 cm³/mol. The van der Waals surface area contributed by atoms with Gasteiger partial charge >= 0.3 is 0 Å². The second-order valence-electron chi connectivity index (χ2n) is 19.2. The third-order valence-corrected chi connectivity index (χ3v) is 16.6. The Morgan fingerprint density at radius 2 is 0.973 bits per heavy atom. The maximum Gasteiger partial charge on any atom is 0.220 e. The number of hydrogen-bond acceptors (Lipinski definition) is 4. The highest BCUT2D eigenvalue weighted by Gasteiger charge is 2.34. The Bertz CT molecular complexity index is 5070. The maximum absolute atomic E-state index is 12.3. The minimum absolute atomic E-state index is 0.352. The van der Waals surface area contributed by atoms with E-state index in [1.54, 1.807) is 11.3 Å². The molecule has 0 aliphatic rings. The summed E-state index contributed by atoms with van der Waals surface area (Å²) in [5, 5.41) is 22.5. The Balaban J connectivity index is 1.22. The van der Waals surface area contributed by atoms with Gasteiger partial charge in [-0.3, -0.25) is 0 Å². The van der Waals surface area contributed by atoms with Crippen LogP contribution in [0.25, 0.3) is 157 Å². The van der Waals surface area contributed by atoms with Crippen LogP contribution in [0.2, 0.25) is 0 Å². The molecule has 5 aromatic heterocycles. The summed E-state index contributed by atoms with van der Waals surface area (Å²) < 4.78 is 21.1. The molecule has 6 nitrogen and oxygen atoms in total. The van der Waals surface area contributed by atoms with E-state index in [-0.39, 0.29) is 0 Å². The van der Waals surface area contributed by atoms with Crippen LogP contribution in [0.1, 0.15) is 5.56 Å². The minimum Gasteiger partial charge on any atom is -0.454 e. The lowest BCUT2D eigenvalue weighted by Crippen LogP contribution is -2.09. The molecule has 0 saturated heterocycles. The van der Waals surface area contributed by atoms with Crippen LogP contribution in [-0.4, -0.2) is 9.13 Å². The fraction of sp³-hybridized carbons (Fsp3) is 0. The molecule has 346 valence electrons. The SMILES string of the molecule is [C-]#[N+]c1c(-c2ccccc2)c(C#N)c(-n2c3ccccc3c3c(-c4ccccc4)cc4c5ccccc5oc4c32)c(-c2ccccc2)c1-n1c2c(ccc3c4ccccc4oc32)c2ccc3c4ccccc4sc3c21. The van der Waals surface area contributed by atoms with Crippen molar-refractivity contribution in [2.45, 2.75) is 0 Å². The van der Waals surface area contributed by atoms with Crippen molar-refractivity contribution < 1.29 is 8.83 Å². The lowest BCUT2D eigenvalue weighted by molar-refractivity contribution is 0.671. The van der Waals surface area contributed by atoms with E-state index in [0.717, 1.165) is 120 Å². The number of furan rings is 2. The van der Waals surface area contributed by atoms with Crippen molar-refractivity contribution in [1.29, 1.82) is 5.26 Å². The van der Waals surface area contributed by atoms with Crippen LogP contribution in [0.3, 0.4) is 0 Å². The van der Waals surface area contributed by atoms with Gasteiger partial charge in [0, 0.05) is 69.7 Å². The molecule has 0 radical (unpaired) electrons. The quantitative estimate of drug-likeness (QED) is 0.161. The number of benzene rings is 11. The molecule has 0 aliphatic heterocycles. The van der Waals surface area contributed by atoms with E-state index in [4.69, 9.17) is 8.83 Å². The van der Waals surface area contributed by atoms with E-state index in [9.17, 15) is 11.8 Å². The fourth-order valence-electron chi connectivity index (χ4n) is 12.3. The normalized spacial score (nSPS) is 12.0. The summed E-state index contributed by atoms with van der Waals surface area (Å²) in [6, 6.07) is 78.3. The van der Waals surface area contributed by atoms with Crippen LogP contribution in [0.5, 0.6) is 0 Å². The fourth-order valence-corrected chi connectivity index (χ4v) is 13.5. The molecule has 0 fully saturated rings. The van der Waals surface area contributed by atoms with Crippen LogP contribution >= 0.6 is 11.3 Å². The van der Waals surface area contributed by atoms with Crippen molar-refractivity contribution in [3.63, 3.8) is 0 Å². The largest absolute Gasteiger partial charge is 0.454 e. The van der Waals surface area contributed by atoms with Crippen molar-refractivity contribution in [1.82, 2.24) is 9.13 Å². The molecule has 0 saturated carbocycles. The molecule has 7 heteroatoms. The molecule has 16 aromatic rings. The third-order valence-electron chi connectivity index (χ3n) is 15.4. The molecular formula is C68H36N4O2S. The first-order chi connectivity index (χ1) is 37.2. The summed E-state index contributed by atoms with van der Waals surface area (Å²) in [7, 11) is 0. The van der Waals surface area contributed by atoms with Gasteiger partial charge in [0.25, 0.3) is 0 Å². The molecule has 16 rings (SSSR count). The highest BCUT2D eigenvalue weighted by molar-refractivity contribution is 7.26. The number of para-hydroxylation sites is 3. The summed E-state index contributed by atoms with van der Waals surface area (Å²) in [5.41, 5.74) is 13.4. The monoisotopic (exact) mass is 972 g/mol. The Kier molecular flexibility index (Phi) is 8.65. The summed E-state index contributed by atoms with van der Waals surface area (Å²) >= 11 is 1.76. The Labute approximate surface area is 431 Å². The number of nitriles is 1. The zero-order valence-electron chi connectivity index (χ0n) is 39.8. The van der Waals surface area contributed by atoms with Crippen molar-refractivity contribution in [3.05, 3.63) is 235 Å². The van der Waals surface area contributed by atoms with Crippen molar-refractivity contribution in [3.8, 4) is 50.8 Å². The lowest BCUT2D eigenvalue weighted by atomic mass is 9.88. The van der Waals surface area contributed by atoms with E-state index in [2.05, 4.69) is 160 Å². The molecule has 5 heterocycles. The Morgan fingerprint density at radius 3 is 1.65 bits per heavy atom. The first-order valence-electron chi connectivity index (χ1n) is 24.9. The number of rotatable bonds is 5. The predicted octanol–water partition coefficient (Wildman–Crippen LogP) is 19.5. The van der Waals surface area contributed by atoms with Crippen molar-refractivity contribution in [2.24, 2.45) is 0 Å². The summed E-state index contributed by atoms with van der Waals surface area (Å²) in [4.78, 5) is 4.66. The zero-order chi connectivity index (χ0) is 49.5. The highest BCUT2D eigenvalue weighted by Crippen LogP contribution is 2.55. The molecule has 75 heavy (non-hydrogen) atoms. The average Bonchev–Trinajstić information content (AvgIpc) is 4.41. The zero-order valence-corrected chi connectivity index (χ0v) is 40.6. The molecule has 0 N–H and O–H groups in total. The lowest BCUT2D eigenvalue weighted by Gasteiger charge is -2.26. The Morgan fingerprint density at radius 1 is 0.440 bits per heavy atom. The van der Waals surface area contributed by atoms with Gasteiger partial charge in [0.05, 0.1) is 50.3 Å². The minimum atomic E-state index is 0.352. The highest BCUT2D eigenvalue weighted by atomic mass is 32.1. The molecule has 0 bridgehead atoms. The molecule has 11 aromatic carbocycles. The average molecular weight is 973 g/mol. The number of nitrogens with zero attached hydrogens (tertiary/aromatic N) is 4. The molecule has 0 amide bonds. The van der Waals surface area contributed by atoms with E-state index in [1.165, 1.54) is 10.1 Å². The number of aromatic nitrogens is 2. The van der Waals surface area contributed by atoms with Crippen molar-refractivity contribution >= 4 is 125 Å². The summed E-state index contributed by atoms with van der Waals surface area (Å²) in [6.45, 7) is 9.59. The van der Waals surface area contributed by atoms with Gasteiger partial charge in [0.15, 0.2) is 11.2 Å². The molecule has 0 atom stereocenters. The number of hydrogen-bond donors (Lipinski definition) is 0. The van der Waals surface area contributed by atoms with E-state index >= 15 is 0 Å². The van der Waals surface area contributed by atoms with Crippen LogP contribution in [0.15, 0.2) is 227 Å². The van der Waals surface area contributed by atoms with Gasteiger partial charge in [0.1, 0.15) is 17.2 Å². The maximum atomic E-state index is 12.3. The van der Waals surface area contributed by atoms with Gasteiger partial charge in [-0.05, 0) is 58.7 Å². The van der Waals surface area contributed by atoms with Gasteiger partial charge in [-0.1, -0.05) is 182 Å². The van der Waals surface area contributed by atoms with E-state index in [1.807, 2.05) is 78.9 Å². The van der Waals surface area contributed by atoms with E-state index in [0.29, 0.717) is 33.8 Å². The topological polar surface area (TPSA) is 64.3 Å². The summed E-state index contributed by atoms with van der Waals surface area (Å²) in [6.07, 6.45) is 0. The second-order valence-corrected chi connectivity index (χ2v) is 20.2. The van der Waals surface area contributed by atoms with Gasteiger partial charge < -0.3 is 18.0 Å². The van der Waals surface area contributed by atoms with Gasteiger partial charge in [-0.15, -0.1) is 11.3 Å². The molecule has 0 spiro atoms. The van der Waals surface area contributed by atoms with Crippen LogP contribution in [-0.2, 0) is 0 Å². The molecule has 0 unspecified atom stereocenters. The standard InChI is InChI=1S/C68H36N4O2S/c1-70-60-57(40-21-7-3-8-22-40)52(38-69)61(71-53-29-15-11-28-49(53)59-50(39-19-5-2-6-20-39)37-51-43-26-13-17-31-55(43)74-67(51)65(59)71)58(41-23-9-4-10-24-41)64(60)72-62-45(33-35-47-42-25-12-16-30-54(42)73-66(47)62)46-34-36-48-44-27-14-18-32-56(44)75-68(48)63(46)72/h2-37H. The van der Waals surface area contributed by atoms with Crippen LogP contribution in [0.4, 0.5) is 5.69 Å². The van der Waals surface area contributed by atoms with Crippen LogP contribution in [0, 0.1) is 17.9 Å². The summed E-state index contributed by atoms with van der Waals surface area (Å²) in [5.74, 6) is 0. The van der Waals surface area contributed by atoms with Crippen LogP contribution < -0.4 is 0 Å². The first-order valence-corrected chi connectivity index (χ1v) is 25.7. The molecule has 0 aliphatic carbocycles. The van der Waals surface area contributed by atoms with Gasteiger partial charge in [-0.2, -0.15) is 5.26 Å². The van der Waals surface area contributed by atoms with Gasteiger partial charge in [-0.25, -0.2) is 4.85 Å². The smallest absolute Gasteiger partial charge is 0.220 e. The third kappa shape index (κ3) is 5.65. The number of fused-ring (bicyclic) bond motifs is 18. The second kappa shape index (κ2) is 15.7. The first kappa shape index (κ1) is 41.4. The number of thiophene rings is 1. The van der Waals surface area contributed by atoms with Gasteiger partial charge in [0.2, 0.25) is 5.69 Å². The molecular weight excluding hydrogens is 937 g/mol. The van der Waals surface area contributed by atoms with Crippen molar-refractivity contribution in [2.75, 3.05) is 0 Å².